The SMILES string of the molecule is CC/C=C\C/C=C\C/C=C\C/C=C\C/C=C\CCCCCCCCCCCCCCCCCC(=O)OCC(COC(=O)CCCCCCCCCCCCCCCC)OC(=O)C/C=C\C/C=C\C/C=C\C/C=C\C/C=C\CC. The number of esters is 3. The molecule has 78 heavy (non-hydrogen) atoms. The van der Waals surface area contributed by atoms with Gasteiger partial charge in [0.05, 0.1) is 6.42 Å². The number of carbonyl (C=O) groups excluding carboxylic acids is 3. The lowest BCUT2D eigenvalue weighted by molar-refractivity contribution is -0.166. The second kappa shape index (κ2) is 65.3. The molecule has 0 aliphatic carbocycles. The maximum atomic E-state index is 12.8. The molecule has 0 saturated carbocycles. The Morgan fingerprint density at radius 3 is 0.846 bits per heavy atom. The van der Waals surface area contributed by atoms with Gasteiger partial charge >= 0.3 is 17.9 Å². The van der Waals surface area contributed by atoms with Crippen LogP contribution in [-0.2, 0) is 28.6 Å². The van der Waals surface area contributed by atoms with Crippen molar-refractivity contribution in [3.8, 4) is 0 Å². The van der Waals surface area contributed by atoms with Crippen molar-refractivity contribution in [3.05, 3.63) is 122 Å². The third-order valence-electron chi connectivity index (χ3n) is 13.7. The summed E-state index contributed by atoms with van der Waals surface area (Å²) in [7, 11) is 0. The standard InChI is InChI=1S/C72H120O6/c1-4-7-10-13-16-19-22-25-28-29-30-31-32-33-34-35-36-37-38-39-40-41-42-43-45-47-50-53-56-59-62-65-71(74)77-68-69(67-76-70(73)64-61-58-55-52-49-46-27-24-21-18-15-12-9-6-3)78-72(75)66-63-60-57-54-51-48-44-26-23-20-17-14-11-8-5-2/h7-8,10-11,16-17,19-20,25-26,28,30-31,33-34,44,51,54,60,63,69H,4-6,9,12-15,18,21-24,27,29,32,35-43,45-50,52-53,55-59,61-62,64-68H2,1-3H3/b10-7-,11-8-,19-16-,20-17-,28-25-,31-30-,34-33-,44-26-,54-51-,63-60-. The zero-order valence-electron chi connectivity index (χ0n) is 50.9. The van der Waals surface area contributed by atoms with Crippen LogP contribution in [0.4, 0.5) is 0 Å². The lowest BCUT2D eigenvalue weighted by atomic mass is 10.0. The number of ether oxygens (including phenoxy) is 3. The Balaban J connectivity index is 4.27. The first kappa shape index (κ1) is 73.8. The van der Waals surface area contributed by atoms with Gasteiger partial charge in [-0.15, -0.1) is 0 Å². The van der Waals surface area contributed by atoms with Crippen molar-refractivity contribution in [2.24, 2.45) is 0 Å². The van der Waals surface area contributed by atoms with Crippen molar-refractivity contribution in [2.75, 3.05) is 13.2 Å². The summed E-state index contributed by atoms with van der Waals surface area (Å²) in [5.74, 6) is -1.04. The molecule has 0 aliphatic heterocycles. The van der Waals surface area contributed by atoms with E-state index in [0.717, 1.165) is 103 Å². The highest BCUT2D eigenvalue weighted by atomic mass is 16.6. The van der Waals surface area contributed by atoms with Crippen LogP contribution in [0.5, 0.6) is 0 Å². The van der Waals surface area contributed by atoms with Crippen LogP contribution in [0.2, 0.25) is 0 Å². The highest BCUT2D eigenvalue weighted by Crippen LogP contribution is 2.16. The summed E-state index contributed by atoms with van der Waals surface area (Å²) in [6, 6.07) is 0. The third-order valence-corrected chi connectivity index (χ3v) is 13.7. The van der Waals surface area contributed by atoms with E-state index in [4.69, 9.17) is 14.2 Å². The summed E-state index contributed by atoms with van der Waals surface area (Å²) in [6.07, 6.45) is 91.0. The molecule has 0 radical (unpaired) electrons. The first-order chi connectivity index (χ1) is 38.5. The molecule has 0 aromatic heterocycles. The molecule has 0 fully saturated rings. The van der Waals surface area contributed by atoms with Crippen LogP contribution < -0.4 is 0 Å². The van der Waals surface area contributed by atoms with Crippen molar-refractivity contribution in [2.45, 2.75) is 303 Å². The number of rotatable bonds is 58. The van der Waals surface area contributed by atoms with Gasteiger partial charge in [-0.3, -0.25) is 14.4 Å². The van der Waals surface area contributed by atoms with Crippen LogP contribution >= 0.6 is 0 Å². The second-order valence-electron chi connectivity index (χ2n) is 21.3. The van der Waals surface area contributed by atoms with Crippen LogP contribution in [0, 0.1) is 0 Å². The topological polar surface area (TPSA) is 78.9 Å². The summed E-state index contributed by atoms with van der Waals surface area (Å²) < 4.78 is 16.8. The molecule has 6 nitrogen and oxygen atoms in total. The Labute approximate surface area is 482 Å². The lowest BCUT2D eigenvalue weighted by Crippen LogP contribution is -2.30. The van der Waals surface area contributed by atoms with E-state index in [1.807, 2.05) is 6.08 Å². The molecule has 0 bridgehead atoms. The minimum atomic E-state index is -0.833. The molecule has 0 saturated heterocycles. The molecular formula is C72H120O6. The third kappa shape index (κ3) is 62.7. The van der Waals surface area contributed by atoms with Crippen LogP contribution in [-0.4, -0.2) is 37.2 Å². The highest BCUT2D eigenvalue weighted by molar-refractivity contribution is 5.72. The molecule has 0 spiro atoms. The fourth-order valence-corrected chi connectivity index (χ4v) is 8.96. The van der Waals surface area contributed by atoms with Gasteiger partial charge in [0.15, 0.2) is 6.10 Å². The Bertz CT molecular complexity index is 1620. The lowest BCUT2D eigenvalue weighted by Gasteiger charge is -2.18. The molecule has 0 rings (SSSR count). The molecule has 1 atom stereocenters. The summed E-state index contributed by atoms with van der Waals surface area (Å²) in [5, 5.41) is 0. The van der Waals surface area contributed by atoms with Gasteiger partial charge in [0.25, 0.3) is 0 Å². The largest absolute Gasteiger partial charge is 0.462 e. The molecule has 0 aromatic rings. The zero-order valence-corrected chi connectivity index (χ0v) is 50.9. The van der Waals surface area contributed by atoms with Crippen LogP contribution in [0.3, 0.4) is 0 Å². The smallest absolute Gasteiger partial charge is 0.310 e. The first-order valence-electron chi connectivity index (χ1n) is 32.5. The van der Waals surface area contributed by atoms with E-state index in [2.05, 4.69) is 130 Å². The fourth-order valence-electron chi connectivity index (χ4n) is 8.96. The van der Waals surface area contributed by atoms with E-state index in [1.54, 1.807) is 6.08 Å². The van der Waals surface area contributed by atoms with Gasteiger partial charge in [-0.25, -0.2) is 0 Å². The van der Waals surface area contributed by atoms with Crippen molar-refractivity contribution >= 4 is 17.9 Å². The summed E-state index contributed by atoms with van der Waals surface area (Å²) in [4.78, 5) is 38.2. The van der Waals surface area contributed by atoms with E-state index in [9.17, 15) is 14.4 Å². The molecular weight excluding hydrogens is 961 g/mol. The van der Waals surface area contributed by atoms with Crippen LogP contribution in [0.25, 0.3) is 0 Å². The quantitative estimate of drug-likeness (QED) is 0.0261. The molecule has 444 valence electrons. The van der Waals surface area contributed by atoms with E-state index in [-0.39, 0.29) is 31.6 Å². The number of carbonyl (C=O) groups is 3. The Kier molecular flexibility index (Phi) is 61.8. The predicted molar refractivity (Wildman–Crippen MR) is 339 cm³/mol. The highest BCUT2D eigenvalue weighted by Gasteiger charge is 2.19. The van der Waals surface area contributed by atoms with Crippen LogP contribution in [0.15, 0.2) is 122 Å². The second-order valence-corrected chi connectivity index (χ2v) is 21.3. The Hall–Kier alpha value is -4.19. The number of unbranched alkanes of at least 4 members (excludes halogenated alkanes) is 28. The van der Waals surface area contributed by atoms with Crippen molar-refractivity contribution in [1.82, 2.24) is 0 Å². The fraction of sp³-hybridized carbons (Fsp3) is 0.681. The molecule has 6 heteroatoms. The normalized spacial score (nSPS) is 12.9. The van der Waals surface area contributed by atoms with E-state index in [0.29, 0.717) is 12.8 Å². The van der Waals surface area contributed by atoms with E-state index >= 15 is 0 Å². The van der Waals surface area contributed by atoms with Gasteiger partial charge in [0.2, 0.25) is 0 Å². The first-order valence-corrected chi connectivity index (χ1v) is 32.5. The summed E-state index contributed by atoms with van der Waals surface area (Å²) in [5.41, 5.74) is 0. The van der Waals surface area contributed by atoms with E-state index in [1.165, 1.54) is 154 Å². The van der Waals surface area contributed by atoms with Gasteiger partial charge in [0, 0.05) is 12.8 Å². The Morgan fingerprint density at radius 1 is 0.282 bits per heavy atom. The van der Waals surface area contributed by atoms with E-state index < -0.39 is 12.1 Å². The van der Waals surface area contributed by atoms with Crippen molar-refractivity contribution in [1.29, 1.82) is 0 Å². The van der Waals surface area contributed by atoms with Gasteiger partial charge in [-0.1, -0.05) is 309 Å². The molecule has 0 N–H and O–H groups in total. The van der Waals surface area contributed by atoms with Crippen molar-refractivity contribution in [3.63, 3.8) is 0 Å². The average Bonchev–Trinajstić information content (AvgIpc) is 3.44. The molecule has 0 aromatic carbocycles. The monoisotopic (exact) mass is 1080 g/mol. The number of hydrogen-bond acceptors (Lipinski definition) is 6. The van der Waals surface area contributed by atoms with Gasteiger partial charge in [-0.2, -0.15) is 0 Å². The zero-order chi connectivity index (χ0) is 56.4. The minimum Gasteiger partial charge on any atom is -0.462 e. The van der Waals surface area contributed by atoms with Crippen molar-refractivity contribution < 1.29 is 28.6 Å². The van der Waals surface area contributed by atoms with Gasteiger partial charge in [-0.05, 0) is 89.9 Å². The van der Waals surface area contributed by atoms with Gasteiger partial charge < -0.3 is 14.2 Å². The molecule has 1 unspecified atom stereocenters. The number of hydrogen-bond donors (Lipinski definition) is 0. The predicted octanol–water partition coefficient (Wildman–Crippen LogP) is 22.4. The molecule has 0 heterocycles. The minimum absolute atomic E-state index is 0.0965. The molecule has 0 aliphatic rings. The summed E-state index contributed by atoms with van der Waals surface area (Å²) >= 11 is 0. The average molecular weight is 1080 g/mol. The van der Waals surface area contributed by atoms with Gasteiger partial charge in [0.1, 0.15) is 13.2 Å². The maximum Gasteiger partial charge on any atom is 0.310 e. The summed E-state index contributed by atoms with van der Waals surface area (Å²) in [6.45, 7) is 6.35. The molecule has 0 amide bonds. The maximum absolute atomic E-state index is 12.8. The van der Waals surface area contributed by atoms with Crippen LogP contribution in [0.1, 0.15) is 297 Å². The number of allylic oxidation sites excluding steroid dienone is 19. The Morgan fingerprint density at radius 2 is 0.538 bits per heavy atom.